The van der Waals surface area contributed by atoms with Crippen molar-refractivity contribution in [3.8, 4) is 33.4 Å². The maximum Gasteiger partial charge on any atom is 0.108 e. The first-order valence-electron chi connectivity index (χ1n) is 15.8. The molecule has 3 aromatic carbocycles. The van der Waals surface area contributed by atoms with Gasteiger partial charge < -0.3 is 23.2 Å². The SMILES string of the molecule is Cc1coc(C)c1-c1ccc2c(c1)C=NC2.Cc1coc(C)c1-c1ccc2cn[nH]c2c1.Cc1coc(C)c1-c1ccc2n[c-][nH]c2c1.[Rf]. The number of nitrogens with one attached hydrogen (secondary N) is 2. The van der Waals surface area contributed by atoms with E-state index in [9.17, 15) is 0 Å². The predicted molar refractivity (Wildman–Crippen MR) is 190 cm³/mol. The van der Waals surface area contributed by atoms with E-state index in [0.717, 1.165) is 68.0 Å². The quantitative estimate of drug-likeness (QED) is 0.172. The van der Waals surface area contributed by atoms with Crippen molar-refractivity contribution in [3.05, 3.63) is 131 Å². The van der Waals surface area contributed by atoms with E-state index in [-0.39, 0.29) is 0 Å². The Morgan fingerprint density at radius 1 is 0.653 bits per heavy atom. The molecule has 0 saturated carbocycles. The Balaban J connectivity index is 0.000000126. The van der Waals surface area contributed by atoms with Crippen molar-refractivity contribution < 1.29 is 13.3 Å². The summed E-state index contributed by atoms with van der Waals surface area (Å²) in [6.07, 6.45) is 11.9. The number of fused-ring (bicyclic) bond motifs is 3. The molecule has 0 bridgehead atoms. The van der Waals surface area contributed by atoms with Gasteiger partial charge in [0.25, 0.3) is 0 Å². The number of imidazole rings is 1. The summed E-state index contributed by atoms with van der Waals surface area (Å²) < 4.78 is 16.3. The van der Waals surface area contributed by atoms with Gasteiger partial charge in [-0.1, -0.05) is 47.4 Å². The largest absolute Gasteiger partial charge is 0.469 e. The molecule has 0 unspecified atom stereocenters. The second-order valence-electron chi connectivity index (χ2n) is 12.2. The molecule has 6 heterocycles. The predicted octanol–water partition coefficient (Wildman–Crippen LogP) is 10.2. The Morgan fingerprint density at radius 3 is 1.80 bits per heavy atom. The molecule has 9 heteroatoms. The molecule has 8 aromatic rings. The van der Waals surface area contributed by atoms with Crippen LogP contribution in [0.1, 0.15) is 45.1 Å². The summed E-state index contributed by atoms with van der Waals surface area (Å²) in [5.41, 5.74) is 16.1. The summed E-state index contributed by atoms with van der Waals surface area (Å²) in [6.45, 7) is 13.0. The third kappa shape index (κ3) is 6.15. The first-order chi connectivity index (χ1) is 23.3. The Morgan fingerprint density at radius 2 is 1.20 bits per heavy atom. The zero-order valence-electron chi connectivity index (χ0n) is 28.6. The zero-order valence-corrected chi connectivity index (χ0v) is 35.0. The fourth-order valence-electron chi connectivity index (χ4n) is 6.40. The van der Waals surface area contributed by atoms with E-state index in [1.807, 2.05) is 45.5 Å². The van der Waals surface area contributed by atoms with Crippen molar-refractivity contribution in [2.75, 3.05) is 0 Å². The van der Waals surface area contributed by atoms with Gasteiger partial charge in [0.05, 0.1) is 37.0 Å². The van der Waals surface area contributed by atoms with Gasteiger partial charge in [-0.05, 0) is 105 Å². The number of aryl methyl sites for hydroxylation is 6. The Kier molecular flexibility index (Phi) is 8.56. The third-order valence-electron chi connectivity index (χ3n) is 8.79. The van der Waals surface area contributed by atoms with Crippen LogP contribution in [0.4, 0.5) is 0 Å². The van der Waals surface area contributed by atoms with Gasteiger partial charge in [0.2, 0.25) is 0 Å². The summed E-state index contributed by atoms with van der Waals surface area (Å²) in [7, 11) is 0. The minimum Gasteiger partial charge on any atom is -0.469 e. The first-order valence-corrected chi connectivity index (χ1v) is 15.8. The van der Waals surface area contributed by atoms with Gasteiger partial charge in [-0.15, -0.1) is 6.07 Å². The van der Waals surface area contributed by atoms with Crippen LogP contribution < -0.4 is 0 Å². The topological polar surface area (TPSA) is 109 Å². The van der Waals surface area contributed by atoms with E-state index >= 15 is 0 Å². The molecule has 5 aromatic heterocycles. The summed E-state index contributed by atoms with van der Waals surface area (Å²) in [5.74, 6) is 2.88. The molecule has 2 N–H and O–H groups in total. The van der Waals surface area contributed by atoms with Crippen molar-refractivity contribution >= 4 is 28.2 Å². The summed E-state index contributed by atoms with van der Waals surface area (Å²) in [4.78, 5) is 11.3. The Hall–Kier alpha value is -6.89. The van der Waals surface area contributed by atoms with Gasteiger partial charge in [0, 0.05) is 28.3 Å². The molecule has 1 aliphatic rings. The van der Waals surface area contributed by atoms with Crippen molar-refractivity contribution in [3.63, 3.8) is 0 Å². The molecule has 242 valence electrons. The summed E-state index contributed by atoms with van der Waals surface area (Å²) in [6, 6.07) is 18.9. The number of nitrogens with zero attached hydrogens (tertiary/aromatic N) is 3. The molecule has 0 spiro atoms. The number of rotatable bonds is 3. The van der Waals surface area contributed by atoms with Crippen LogP contribution in [0, 0.1) is 47.9 Å². The smallest absolute Gasteiger partial charge is 0.108 e. The van der Waals surface area contributed by atoms with Crippen LogP contribution in [0.5, 0.6) is 0 Å². The molecule has 9 rings (SSSR count). The average Bonchev–Trinajstić information content (AvgIpc) is 3.94. The minimum atomic E-state index is 0. The van der Waals surface area contributed by atoms with Crippen molar-refractivity contribution in [1.29, 1.82) is 0 Å². The average molecular weight is 902 g/mol. The number of furan rings is 3. The number of aromatic nitrogens is 4. The van der Waals surface area contributed by atoms with Crippen LogP contribution in [0.2, 0.25) is 0 Å². The molecule has 0 amide bonds. The molecule has 8 nitrogen and oxygen atoms in total. The van der Waals surface area contributed by atoms with E-state index in [4.69, 9.17) is 13.3 Å². The number of benzene rings is 3. The fourth-order valence-corrected chi connectivity index (χ4v) is 6.40. The number of H-pyrrole nitrogens is 2. The molecule has 0 radical (unpaired) electrons. The second kappa shape index (κ2) is 13.1. The third-order valence-corrected chi connectivity index (χ3v) is 8.79. The van der Waals surface area contributed by atoms with Crippen LogP contribution in [0.3, 0.4) is 0 Å². The van der Waals surface area contributed by atoms with Gasteiger partial charge in [-0.2, -0.15) is 5.10 Å². The molecule has 0 atom stereocenters. The minimum absolute atomic E-state index is 0. The number of hydrogen-bond acceptors (Lipinski definition) is 6. The van der Waals surface area contributed by atoms with Crippen molar-refractivity contribution in [2.24, 2.45) is 4.99 Å². The fraction of sp³-hybridized carbons (Fsp3) is 0.175. The molecule has 0 saturated heterocycles. The van der Waals surface area contributed by atoms with Gasteiger partial charge >= 0.3 is 0 Å². The standard InChI is InChI=1S/C14H13NO.C13H12N2O.C13H11N2O.Rf/c1-9-8-16-10(2)14(9)11-3-4-12-6-15-7-13(12)5-11;1-8-7-16-9(2)13(8)10-3-4-11-6-14-15-12(11)5-10;1-8-6-16-9(2)13(8)10-3-4-11-12(5-10)15-7-14-11;/h3-5,7-8H,6H2,1-2H3;3-7H,1-2H3,(H,14,15);3-6H,1-2H3,(H,14,15);/q;;-1;. The van der Waals surface area contributed by atoms with Gasteiger partial charge in [0.1, 0.15) is 17.3 Å². The monoisotopic (exact) mass is 901 g/mol. The van der Waals surface area contributed by atoms with Crippen LogP contribution in [-0.4, -0.2) is 26.4 Å². The van der Waals surface area contributed by atoms with E-state index in [1.165, 1.54) is 38.9 Å². The number of aromatic amines is 2. The van der Waals surface area contributed by atoms with Crippen molar-refractivity contribution in [1.82, 2.24) is 20.2 Å². The number of aliphatic imine (C=N–C) groups is 1. The molecule has 0 fully saturated rings. The van der Waals surface area contributed by atoms with E-state index in [0.29, 0.717) is 0 Å². The Labute approximate surface area is 278 Å². The maximum atomic E-state index is 5.44. The first kappa shape index (κ1) is 32.1. The summed E-state index contributed by atoms with van der Waals surface area (Å²) in [5, 5.41) is 8.13. The normalized spacial score (nSPS) is 11.6. The van der Waals surface area contributed by atoms with E-state index < -0.39 is 0 Å². The van der Waals surface area contributed by atoms with E-state index in [1.54, 1.807) is 12.5 Å². The van der Waals surface area contributed by atoms with Gasteiger partial charge in [-0.25, -0.2) is 0 Å². The molecule has 0 aliphatic carbocycles. The summed E-state index contributed by atoms with van der Waals surface area (Å²) >= 11 is 0. The van der Waals surface area contributed by atoms with Crippen LogP contribution in [0.25, 0.3) is 55.3 Å². The van der Waals surface area contributed by atoms with Gasteiger partial charge in [-0.3, -0.25) is 10.1 Å². The van der Waals surface area contributed by atoms with Crippen molar-refractivity contribution in [2.45, 2.75) is 48.1 Å². The van der Waals surface area contributed by atoms with Crippen LogP contribution >= 0.6 is 0 Å². The second-order valence-corrected chi connectivity index (χ2v) is 12.2. The number of hydrogen-bond donors (Lipinski definition) is 2. The molecular formula is C40H36N5O3Rf-. The Bertz CT molecular complexity index is 2240. The maximum absolute atomic E-state index is 5.44. The molecular weight excluding hydrogens is 865 g/mol. The van der Waals surface area contributed by atoms with Crippen LogP contribution in [-0.2, 0) is 6.54 Å². The van der Waals surface area contributed by atoms with Gasteiger partial charge in [0.15, 0.2) is 0 Å². The zero-order chi connectivity index (χ0) is 33.4. The molecule has 49 heavy (non-hydrogen) atoms. The van der Waals surface area contributed by atoms with Crippen LogP contribution in [0.15, 0.2) is 97.8 Å². The van der Waals surface area contributed by atoms with E-state index in [2.05, 4.69) is 101 Å². The molecule has 1 aliphatic heterocycles.